The Morgan fingerprint density at radius 2 is 1.58 bits per heavy atom. The number of benzene rings is 2. The van der Waals surface area contributed by atoms with Crippen LogP contribution in [-0.4, -0.2) is 28.3 Å². The lowest BCUT2D eigenvalue weighted by molar-refractivity contribution is 0.262. The quantitative estimate of drug-likeness (QED) is 0.294. The molecule has 8 heteroatoms. The first-order valence-corrected chi connectivity index (χ1v) is 12.5. The molecule has 172 valence electrons. The number of thioether (sulfide) groups is 1. The first-order valence-electron chi connectivity index (χ1n) is 11.3. The Kier molecular flexibility index (Phi) is 7.67. The summed E-state index contributed by atoms with van der Waals surface area (Å²) >= 11 is 1.63. The van der Waals surface area contributed by atoms with Gasteiger partial charge in [0, 0.05) is 34.1 Å². The van der Waals surface area contributed by atoms with Gasteiger partial charge >= 0.3 is 6.03 Å². The van der Waals surface area contributed by atoms with Gasteiger partial charge < -0.3 is 21.3 Å². The summed E-state index contributed by atoms with van der Waals surface area (Å²) in [6.45, 7) is 1.90. The topological polar surface area (TPSA) is 91.0 Å². The molecule has 1 aliphatic carbocycles. The van der Waals surface area contributed by atoms with Crippen molar-refractivity contribution in [3.8, 4) is 0 Å². The predicted octanol–water partition coefficient (Wildman–Crippen LogP) is 6.64. The number of carbonyl (C=O) groups excluding carboxylic acids is 1. The number of hydrogen-bond donors (Lipinski definition) is 4. The normalized spacial score (nSPS) is 13.9. The van der Waals surface area contributed by atoms with Crippen LogP contribution >= 0.6 is 11.8 Å². The number of rotatable bonds is 7. The largest absolute Gasteiger partial charge is 0.367 e. The molecule has 0 radical (unpaired) electrons. The van der Waals surface area contributed by atoms with Crippen molar-refractivity contribution in [2.24, 2.45) is 0 Å². The number of amides is 2. The Morgan fingerprint density at radius 3 is 2.33 bits per heavy atom. The van der Waals surface area contributed by atoms with Gasteiger partial charge in [-0.15, -0.1) is 11.8 Å². The molecule has 7 nitrogen and oxygen atoms in total. The third-order valence-electron chi connectivity index (χ3n) is 5.54. The minimum Gasteiger partial charge on any atom is -0.367 e. The van der Waals surface area contributed by atoms with Crippen LogP contribution in [0.15, 0.2) is 59.5 Å². The van der Waals surface area contributed by atoms with E-state index in [0.717, 1.165) is 33.7 Å². The molecule has 2 aromatic carbocycles. The minimum atomic E-state index is -0.279. The third-order valence-corrected chi connectivity index (χ3v) is 6.26. The van der Waals surface area contributed by atoms with Gasteiger partial charge in [0.05, 0.1) is 0 Å². The SMILES string of the molecule is CSc1cccc(NC(=O)Nc2ccc(Nc3cc(NC4CCCCC4)nc(C)n3)cc2)c1. The number of anilines is 5. The zero-order valence-electron chi connectivity index (χ0n) is 19.0. The van der Waals surface area contributed by atoms with Crippen molar-refractivity contribution in [3.05, 3.63) is 60.4 Å². The number of carbonyl (C=O) groups is 1. The van der Waals surface area contributed by atoms with E-state index in [9.17, 15) is 4.79 Å². The second-order valence-corrected chi connectivity index (χ2v) is 9.06. The molecule has 33 heavy (non-hydrogen) atoms. The highest BCUT2D eigenvalue weighted by Crippen LogP contribution is 2.24. The third kappa shape index (κ3) is 6.86. The van der Waals surface area contributed by atoms with Crippen LogP contribution in [0.2, 0.25) is 0 Å². The molecule has 1 aliphatic rings. The molecule has 4 rings (SSSR count). The van der Waals surface area contributed by atoms with E-state index in [4.69, 9.17) is 0 Å². The molecule has 1 heterocycles. The van der Waals surface area contributed by atoms with Gasteiger partial charge in [0.25, 0.3) is 0 Å². The molecular weight excluding hydrogens is 432 g/mol. The van der Waals surface area contributed by atoms with E-state index in [0.29, 0.717) is 11.7 Å². The van der Waals surface area contributed by atoms with Crippen LogP contribution < -0.4 is 21.3 Å². The molecule has 1 fully saturated rings. The summed E-state index contributed by atoms with van der Waals surface area (Å²) in [6.07, 6.45) is 8.26. The van der Waals surface area contributed by atoms with Gasteiger partial charge in [0.2, 0.25) is 0 Å². The van der Waals surface area contributed by atoms with E-state index >= 15 is 0 Å². The van der Waals surface area contributed by atoms with Crippen LogP contribution in [-0.2, 0) is 0 Å². The maximum absolute atomic E-state index is 12.3. The first-order chi connectivity index (χ1) is 16.1. The van der Waals surface area contributed by atoms with Crippen molar-refractivity contribution in [1.29, 1.82) is 0 Å². The zero-order chi connectivity index (χ0) is 23.0. The highest BCUT2D eigenvalue weighted by molar-refractivity contribution is 7.98. The molecular formula is C25H30N6OS. The van der Waals surface area contributed by atoms with Crippen molar-refractivity contribution in [1.82, 2.24) is 9.97 Å². The molecule has 0 saturated heterocycles. The van der Waals surface area contributed by atoms with Crippen molar-refractivity contribution in [3.63, 3.8) is 0 Å². The van der Waals surface area contributed by atoms with E-state index in [2.05, 4.69) is 31.2 Å². The van der Waals surface area contributed by atoms with Gasteiger partial charge in [-0.25, -0.2) is 14.8 Å². The molecule has 2 amide bonds. The molecule has 3 aromatic rings. The van der Waals surface area contributed by atoms with Crippen LogP contribution in [0.25, 0.3) is 0 Å². The average molecular weight is 463 g/mol. The van der Waals surface area contributed by atoms with Gasteiger partial charge in [-0.3, -0.25) is 0 Å². The van der Waals surface area contributed by atoms with Crippen LogP contribution in [0, 0.1) is 6.92 Å². The highest BCUT2D eigenvalue weighted by Gasteiger charge is 2.14. The summed E-state index contributed by atoms with van der Waals surface area (Å²) in [5.74, 6) is 2.32. The monoisotopic (exact) mass is 462 g/mol. The number of nitrogens with zero attached hydrogens (tertiary/aromatic N) is 2. The highest BCUT2D eigenvalue weighted by atomic mass is 32.2. The first kappa shape index (κ1) is 22.9. The number of urea groups is 1. The molecule has 0 atom stereocenters. The summed E-state index contributed by atoms with van der Waals surface area (Å²) in [7, 11) is 0. The maximum Gasteiger partial charge on any atom is 0.323 e. The zero-order valence-corrected chi connectivity index (χ0v) is 19.8. The van der Waals surface area contributed by atoms with E-state index in [1.165, 1.54) is 32.1 Å². The van der Waals surface area contributed by atoms with Crippen LogP contribution in [0.3, 0.4) is 0 Å². The molecule has 4 N–H and O–H groups in total. The Hall–Kier alpha value is -3.26. The summed E-state index contributed by atoms with van der Waals surface area (Å²) < 4.78 is 0. The van der Waals surface area contributed by atoms with Crippen LogP contribution in [0.1, 0.15) is 37.9 Å². The average Bonchev–Trinajstić information content (AvgIpc) is 2.81. The van der Waals surface area contributed by atoms with Gasteiger partial charge in [0.15, 0.2) is 0 Å². The molecule has 1 aromatic heterocycles. The van der Waals surface area contributed by atoms with E-state index in [1.54, 1.807) is 11.8 Å². The van der Waals surface area contributed by atoms with Gasteiger partial charge in [-0.1, -0.05) is 25.3 Å². The predicted molar refractivity (Wildman–Crippen MR) is 138 cm³/mol. The fraction of sp³-hybridized carbons (Fsp3) is 0.320. The number of aromatic nitrogens is 2. The van der Waals surface area contributed by atoms with Gasteiger partial charge in [0.1, 0.15) is 17.5 Å². The van der Waals surface area contributed by atoms with Gasteiger partial charge in [-0.05, 0) is 68.5 Å². The fourth-order valence-corrected chi connectivity index (χ4v) is 4.40. The van der Waals surface area contributed by atoms with Crippen molar-refractivity contribution in [2.75, 3.05) is 27.5 Å². The lowest BCUT2D eigenvalue weighted by Gasteiger charge is -2.23. The number of hydrogen-bond acceptors (Lipinski definition) is 6. The van der Waals surface area contributed by atoms with Gasteiger partial charge in [-0.2, -0.15) is 0 Å². The lowest BCUT2D eigenvalue weighted by atomic mass is 9.95. The number of nitrogens with one attached hydrogen (secondary N) is 4. The molecule has 0 aliphatic heterocycles. The van der Waals surface area contributed by atoms with E-state index < -0.39 is 0 Å². The summed E-state index contributed by atoms with van der Waals surface area (Å²) in [6, 6.07) is 17.4. The Balaban J connectivity index is 1.34. The van der Waals surface area contributed by atoms with E-state index in [1.807, 2.05) is 67.8 Å². The van der Waals surface area contributed by atoms with Crippen molar-refractivity contribution in [2.45, 2.75) is 50.0 Å². The lowest BCUT2D eigenvalue weighted by Crippen LogP contribution is -2.23. The summed E-state index contributed by atoms with van der Waals surface area (Å²) in [5, 5.41) is 12.6. The van der Waals surface area contributed by atoms with Crippen LogP contribution in [0.5, 0.6) is 0 Å². The van der Waals surface area contributed by atoms with Crippen molar-refractivity contribution >= 4 is 46.5 Å². The summed E-state index contributed by atoms with van der Waals surface area (Å²) in [4.78, 5) is 22.5. The molecule has 0 unspecified atom stereocenters. The molecule has 0 bridgehead atoms. The second-order valence-electron chi connectivity index (χ2n) is 8.18. The number of aryl methyl sites for hydroxylation is 1. The standard InChI is InChI=1S/C25H30N6OS/c1-17-26-23(28-18-7-4-3-5-8-18)16-24(27-17)29-19-11-13-20(14-12-19)30-25(32)31-21-9-6-10-22(15-21)33-2/h6,9-16,18H,3-5,7-8H2,1-2H3,(H2,30,31,32)(H2,26,27,28,29). The van der Waals surface area contributed by atoms with Crippen LogP contribution in [0.4, 0.5) is 33.5 Å². The second kappa shape index (κ2) is 11.0. The van der Waals surface area contributed by atoms with Crippen molar-refractivity contribution < 1.29 is 4.79 Å². The Morgan fingerprint density at radius 1 is 0.879 bits per heavy atom. The fourth-order valence-electron chi connectivity index (χ4n) is 3.94. The van der Waals surface area contributed by atoms with E-state index in [-0.39, 0.29) is 6.03 Å². The molecule has 1 saturated carbocycles. The Bertz CT molecular complexity index is 1080. The smallest absolute Gasteiger partial charge is 0.323 e. The summed E-state index contributed by atoms with van der Waals surface area (Å²) in [5.41, 5.74) is 2.35. The molecule has 0 spiro atoms. The maximum atomic E-state index is 12.3. The minimum absolute atomic E-state index is 0.279. The Labute approximate surface area is 199 Å².